The Bertz CT molecular complexity index is 1050. The summed E-state index contributed by atoms with van der Waals surface area (Å²) in [4.78, 5) is 49.4. The number of benzene rings is 1. The van der Waals surface area contributed by atoms with E-state index in [1.165, 1.54) is 0 Å². The summed E-state index contributed by atoms with van der Waals surface area (Å²) in [7, 11) is 0. The Morgan fingerprint density at radius 2 is 1.87 bits per heavy atom. The lowest BCUT2D eigenvalue weighted by atomic mass is 9.81. The molecule has 1 aromatic heterocycles. The molecule has 2 heterocycles. The number of nitrogens with zero attached hydrogens (tertiary/aromatic N) is 1. The minimum absolute atomic E-state index is 0.0373. The zero-order valence-corrected chi connectivity index (χ0v) is 18.1. The van der Waals surface area contributed by atoms with E-state index in [4.69, 9.17) is 10.5 Å². The summed E-state index contributed by atoms with van der Waals surface area (Å²) in [6.07, 6.45) is 1.38. The van der Waals surface area contributed by atoms with E-state index >= 15 is 0 Å². The number of primary amides is 1. The number of hydrogen-bond acceptors (Lipinski definition) is 5. The van der Waals surface area contributed by atoms with Gasteiger partial charge in [0.05, 0.1) is 11.8 Å². The van der Waals surface area contributed by atoms with Crippen LogP contribution < -0.4 is 16.6 Å². The third-order valence-corrected chi connectivity index (χ3v) is 6.24. The Labute approximate surface area is 186 Å². The molecule has 10 heteroatoms. The van der Waals surface area contributed by atoms with E-state index in [-0.39, 0.29) is 18.7 Å². The fourth-order valence-corrected chi connectivity index (χ4v) is 4.56. The van der Waals surface area contributed by atoms with Crippen LogP contribution in [0.1, 0.15) is 40.4 Å². The lowest BCUT2D eigenvalue weighted by molar-refractivity contribution is -0.131. The summed E-state index contributed by atoms with van der Waals surface area (Å²) >= 11 is 3.30. The predicted octanol–water partition coefficient (Wildman–Crippen LogP) is 1.79. The summed E-state index contributed by atoms with van der Waals surface area (Å²) in [6, 6.07) is 8.60. The van der Waals surface area contributed by atoms with Gasteiger partial charge in [-0.15, -0.1) is 0 Å². The first-order valence-electron chi connectivity index (χ1n) is 9.86. The molecule has 3 atom stereocenters. The van der Waals surface area contributed by atoms with Gasteiger partial charge in [0, 0.05) is 34.9 Å². The number of nitrogens with one attached hydrogen (secondary N) is 2. The van der Waals surface area contributed by atoms with Gasteiger partial charge in [0.15, 0.2) is 0 Å². The van der Waals surface area contributed by atoms with Crippen LogP contribution in [0, 0.1) is 5.92 Å². The number of hydrazine groups is 1. The van der Waals surface area contributed by atoms with Crippen molar-refractivity contribution in [1.82, 2.24) is 15.4 Å². The van der Waals surface area contributed by atoms with E-state index in [0.29, 0.717) is 18.4 Å². The summed E-state index contributed by atoms with van der Waals surface area (Å²) in [6.45, 7) is 0.279. The highest BCUT2D eigenvalue weighted by molar-refractivity contribution is 9.10. The number of rotatable bonds is 3. The number of ketones is 1. The maximum absolute atomic E-state index is 13.1. The maximum Gasteiger partial charge on any atom is 0.404 e. The highest BCUT2D eigenvalue weighted by Crippen LogP contribution is 2.39. The number of amides is 3. The van der Waals surface area contributed by atoms with E-state index < -0.39 is 35.8 Å². The number of carbonyl (C=O) groups is 4. The molecule has 1 aliphatic carbocycles. The molecular formula is C21H21BrN4O5. The van der Waals surface area contributed by atoms with Gasteiger partial charge in [-0.3, -0.25) is 25.2 Å². The molecule has 1 aliphatic heterocycles. The van der Waals surface area contributed by atoms with Gasteiger partial charge in [0.1, 0.15) is 11.9 Å². The number of Topliss-reactive ketones (excluding diaryl/α,β-unsaturated/α-hetero) is 1. The number of nitrogens with two attached hydrogens (primary N) is 1. The molecule has 0 fully saturated rings. The van der Waals surface area contributed by atoms with Crippen LogP contribution in [0.15, 0.2) is 41.0 Å². The average Bonchev–Trinajstić information content (AvgIpc) is 3.06. The highest BCUT2D eigenvalue weighted by atomic mass is 79.9. The molecule has 4 rings (SSSR count). The van der Waals surface area contributed by atoms with Gasteiger partial charge in [-0.1, -0.05) is 15.9 Å². The SMILES string of the molecule is NC(=O)O[C@H]1CCc2ccn3c2C1C(=O)C[C@H](C(=O)NNC(=O)c1ccc(Br)cc1)C3. The Hall–Kier alpha value is -3.14. The van der Waals surface area contributed by atoms with Crippen molar-refractivity contribution in [2.45, 2.75) is 37.8 Å². The zero-order valence-electron chi connectivity index (χ0n) is 16.5. The van der Waals surface area contributed by atoms with Crippen LogP contribution >= 0.6 is 15.9 Å². The van der Waals surface area contributed by atoms with E-state index in [1.807, 2.05) is 16.8 Å². The topological polar surface area (TPSA) is 133 Å². The van der Waals surface area contributed by atoms with Gasteiger partial charge in [0.25, 0.3) is 5.91 Å². The second kappa shape index (κ2) is 8.54. The van der Waals surface area contributed by atoms with Gasteiger partial charge in [-0.05, 0) is 48.7 Å². The van der Waals surface area contributed by atoms with Crippen LogP contribution in [-0.2, 0) is 27.3 Å². The van der Waals surface area contributed by atoms with Crippen molar-refractivity contribution in [2.24, 2.45) is 11.7 Å². The molecule has 31 heavy (non-hydrogen) atoms. The van der Waals surface area contributed by atoms with Crippen LogP contribution in [0.3, 0.4) is 0 Å². The highest BCUT2D eigenvalue weighted by Gasteiger charge is 2.43. The lowest BCUT2D eigenvalue weighted by Gasteiger charge is -2.30. The van der Waals surface area contributed by atoms with Crippen LogP contribution in [0.4, 0.5) is 4.79 Å². The molecule has 0 saturated carbocycles. The van der Waals surface area contributed by atoms with E-state index in [2.05, 4.69) is 26.8 Å². The quantitative estimate of drug-likeness (QED) is 0.566. The molecule has 0 spiro atoms. The standard InChI is InChI=1S/C21H21BrN4O5/c22-14-4-1-12(2-5-14)19(28)24-25-20(29)13-9-15(27)17-16(31-21(23)30)6-3-11-7-8-26(10-13)18(11)17/h1-2,4-5,7-8,13,16-17H,3,6,9-10H2,(H2,23,30)(H,24,28)(H,25,29)/t13-,16-,17?/m0/s1. The zero-order chi connectivity index (χ0) is 22.1. The molecule has 0 saturated heterocycles. The lowest BCUT2D eigenvalue weighted by Crippen LogP contribution is -2.45. The second-order valence-corrected chi connectivity index (χ2v) is 8.60. The Balaban J connectivity index is 1.48. The van der Waals surface area contributed by atoms with Crippen molar-refractivity contribution >= 4 is 39.6 Å². The Kier molecular flexibility index (Phi) is 5.81. The fraction of sp³-hybridized carbons (Fsp3) is 0.333. The summed E-state index contributed by atoms with van der Waals surface area (Å²) < 4.78 is 7.91. The molecule has 0 radical (unpaired) electrons. The van der Waals surface area contributed by atoms with Gasteiger partial charge < -0.3 is 15.0 Å². The minimum Gasteiger partial charge on any atom is -0.445 e. The van der Waals surface area contributed by atoms with Crippen molar-refractivity contribution in [3.63, 3.8) is 0 Å². The summed E-state index contributed by atoms with van der Waals surface area (Å²) in [5.74, 6) is -2.46. The van der Waals surface area contributed by atoms with Crippen molar-refractivity contribution in [2.75, 3.05) is 0 Å². The number of hydrogen-bond donors (Lipinski definition) is 3. The average molecular weight is 489 g/mol. The van der Waals surface area contributed by atoms with E-state index in [9.17, 15) is 19.2 Å². The van der Waals surface area contributed by atoms with E-state index in [1.54, 1.807) is 24.3 Å². The minimum atomic E-state index is -0.923. The third kappa shape index (κ3) is 4.34. The molecule has 0 bridgehead atoms. The summed E-state index contributed by atoms with van der Waals surface area (Å²) in [5, 5.41) is 0. The third-order valence-electron chi connectivity index (χ3n) is 5.71. The van der Waals surface area contributed by atoms with Crippen LogP contribution in [-0.4, -0.2) is 34.4 Å². The molecule has 3 amide bonds. The fourth-order valence-electron chi connectivity index (χ4n) is 4.30. The van der Waals surface area contributed by atoms with Crippen LogP contribution in [0.2, 0.25) is 0 Å². The van der Waals surface area contributed by atoms with Gasteiger partial charge >= 0.3 is 6.09 Å². The molecule has 2 aromatic rings. The first-order valence-corrected chi connectivity index (χ1v) is 10.6. The van der Waals surface area contributed by atoms with Crippen LogP contribution in [0.5, 0.6) is 0 Å². The van der Waals surface area contributed by atoms with Gasteiger partial charge in [0.2, 0.25) is 5.91 Å². The Morgan fingerprint density at radius 1 is 1.13 bits per heavy atom. The molecule has 2 aliphatic rings. The van der Waals surface area contributed by atoms with Gasteiger partial charge in [-0.25, -0.2) is 4.79 Å². The molecule has 162 valence electrons. The van der Waals surface area contributed by atoms with Crippen molar-refractivity contribution in [1.29, 1.82) is 0 Å². The number of carbonyl (C=O) groups excluding carboxylic acids is 4. The summed E-state index contributed by atoms with van der Waals surface area (Å²) in [5.41, 5.74) is 12.2. The normalized spacial score (nSPS) is 22.1. The molecular weight excluding hydrogens is 468 g/mol. The number of aromatic nitrogens is 1. The van der Waals surface area contributed by atoms with Gasteiger partial charge in [-0.2, -0.15) is 0 Å². The maximum atomic E-state index is 13.1. The predicted molar refractivity (Wildman–Crippen MR) is 113 cm³/mol. The van der Waals surface area contributed by atoms with Crippen molar-refractivity contribution in [3.8, 4) is 0 Å². The first kappa shape index (κ1) is 21.1. The number of halogens is 1. The van der Waals surface area contributed by atoms with Crippen molar-refractivity contribution < 1.29 is 23.9 Å². The van der Waals surface area contributed by atoms with E-state index in [0.717, 1.165) is 15.7 Å². The second-order valence-electron chi connectivity index (χ2n) is 7.69. The molecule has 4 N–H and O–H groups in total. The smallest absolute Gasteiger partial charge is 0.404 e. The molecule has 9 nitrogen and oxygen atoms in total. The largest absolute Gasteiger partial charge is 0.445 e. The molecule has 1 unspecified atom stereocenters. The molecule has 1 aromatic carbocycles. The Morgan fingerprint density at radius 3 is 2.58 bits per heavy atom. The number of aryl methyl sites for hydroxylation is 1. The van der Waals surface area contributed by atoms with Crippen molar-refractivity contribution in [3.05, 3.63) is 57.8 Å². The first-order chi connectivity index (χ1) is 14.8. The number of ether oxygens (including phenoxy) is 1. The monoisotopic (exact) mass is 488 g/mol. The van der Waals surface area contributed by atoms with Crippen LogP contribution in [0.25, 0.3) is 0 Å².